The maximum atomic E-state index is 12.7. The van der Waals surface area contributed by atoms with Crippen molar-refractivity contribution < 1.29 is 27.5 Å². The highest BCUT2D eigenvalue weighted by Gasteiger charge is 2.34. The molecule has 0 atom stereocenters. The minimum absolute atomic E-state index is 0.00413. The Morgan fingerprint density at radius 1 is 1.22 bits per heavy atom. The van der Waals surface area contributed by atoms with E-state index in [-0.39, 0.29) is 17.4 Å². The van der Waals surface area contributed by atoms with Crippen LogP contribution in [-0.2, 0) is 4.79 Å². The lowest BCUT2D eigenvalue weighted by Gasteiger charge is -2.15. The lowest BCUT2D eigenvalue weighted by molar-refractivity contribution is -0.274. The third-order valence-corrected chi connectivity index (χ3v) is 4.88. The molecule has 3 aromatic rings. The van der Waals surface area contributed by atoms with Crippen molar-refractivity contribution in [3.63, 3.8) is 0 Å². The summed E-state index contributed by atoms with van der Waals surface area (Å²) in [4.78, 5) is 32.8. The van der Waals surface area contributed by atoms with Gasteiger partial charge in [-0.25, -0.2) is 9.78 Å². The van der Waals surface area contributed by atoms with Gasteiger partial charge in [0.15, 0.2) is 5.65 Å². The van der Waals surface area contributed by atoms with Crippen LogP contribution in [0.1, 0.15) is 18.5 Å². The topological polar surface area (TPSA) is 110 Å². The summed E-state index contributed by atoms with van der Waals surface area (Å²) in [6.07, 6.45) is 1.50. The van der Waals surface area contributed by atoms with Crippen LogP contribution in [0.2, 0.25) is 0 Å². The first kappa shape index (κ1) is 19.8. The standard InChI is InChI=1S/C20H15F3N6O3/c21-20(22,23)32-12-3-1-2-10(8-12)14-17(29-7-6-24-9-13(29)26-14)15(25-11-4-5-11)16-18(30)28-19(31)27-16/h1-3,6-9,11,25H,4-5H2,(H2,27,28,30,31). The van der Waals surface area contributed by atoms with Crippen LogP contribution in [0.4, 0.5) is 18.0 Å². The first-order valence-corrected chi connectivity index (χ1v) is 9.60. The van der Waals surface area contributed by atoms with Gasteiger partial charge in [0.2, 0.25) is 0 Å². The molecule has 32 heavy (non-hydrogen) atoms. The molecule has 2 aromatic heterocycles. The third kappa shape index (κ3) is 3.82. The minimum Gasteiger partial charge on any atom is -0.406 e. The molecule has 3 amide bonds. The number of nitrogens with one attached hydrogen (secondary N) is 3. The number of alkyl halides is 3. The first-order chi connectivity index (χ1) is 15.3. The number of amides is 3. The number of imidazole rings is 1. The minimum atomic E-state index is -4.85. The van der Waals surface area contributed by atoms with Gasteiger partial charge in [0.05, 0.1) is 23.3 Å². The number of benzene rings is 1. The number of rotatable bonds is 5. The number of halogens is 3. The van der Waals surface area contributed by atoms with E-state index in [4.69, 9.17) is 0 Å². The van der Waals surface area contributed by atoms with E-state index in [1.807, 2.05) is 0 Å². The fraction of sp³-hybridized carbons (Fsp3) is 0.200. The van der Waals surface area contributed by atoms with Crippen molar-refractivity contribution in [2.75, 3.05) is 0 Å². The number of hydrogen-bond donors (Lipinski definition) is 3. The van der Waals surface area contributed by atoms with Crippen molar-refractivity contribution in [3.05, 3.63) is 54.2 Å². The van der Waals surface area contributed by atoms with Gasteiger partial charge in [-0.05, 0) is 25.0 Å². The maximum Gasteiger partial charge on any atom is 0.573 e. The summed E-state index contributed by atoms with van der Waals surface area (Å²) < 4.78 is 43.9. The molecule has 1 aromatic carbocycles. The number of fused-ring (bicyclic) bond motifs is 1. The van der Waals surface area contributed by atoms with E-state index in [1.165, 1.54) is 30.6 Å². The number of hydrogen-bond acceptors (Lipinski definition) is 6. The van der Waals surface area contributed by atoms with Crippen LogP contribution >= 0.6 is 0 Å². The second-order valence-electron chi connectivity index (χ2n) is 7.27. The molecule has 0 spiro atoms. The Kier molecular flexibility index (Phi) is 4.50. The Labute approximate surface area is 178 Å². The molecule has 2 fully saturated rings. The predicted molar refractivity (Wildman–Crippen MR) is 105 cm³/mol. The zero-order chi connectivity index (χ0) is 22.5. The number of carbonyl (C=O) groups is 2. The summed E-state index contributed by atoms with van der Waals surface area (Å²) >= 11 is 0. The molecule has 0 unspecified atom stereocenters. The summed E-state index contributed by atoms with van der Waals surface area (Å²) in [5, 5.41) is 7.92. The summed E-state index contributed by atoms with van der Waals surface area (Å²) in [7, 11) is 0. The number of aromatic nitrogens is 3. The third-order valence-electron chi connectivity index (χ3n) is 4.88. The van der Waals surface area contributed by atoms with Gasteiger partial charge in [-0.15, -0.1) is 13.2 Å². The zero-order valence-corrected chi connectivity index (χ0v) is 16.2. The highest BCUT2D eigenvalue weighted by molar-refractivity contribution is 6.15. The van der Waals surface area contributed by atoms with Crippen molar-refractivity contribution in [2.24, 2.45) is 0 Å². The highest BCUT2D eigenvalue weighted by atomic mass is 19.4. The molecule has 5 rings (SSSR count). The average Bonchev–Trinajstić information content (AvgIpc) is 3.37. The van der Waals surface area contributed by atoms with Crippen molar-refractivity contribution in [1.82, 2.24) is 30.3 Å². The van der Waals surface area contributed by atoms with E-state index in [2.05, 4.69) is 30.7 Å². The summed E-state index contributed by atoms with van der Waals surface area (Å²) in [5.41, 5.74) is 1.73. The SMILES string of the molecule is O=C1NC(=O)C(=C(NC2CC2)c2c(-c3cccc(OC(F)(F)F)c3)nc3cnccn23)N1. The molecule has 1 saturated heterocycles. The fourth-order valence-corrected chi connectivity index (χ4v) is 3.42. The number of imide groups is 1. The van der Waals surface area contributed by atoms with Crippen LogP contribution in [0.5, 0.6) is 5.75 Å². The highest BCUT2D eigenvalue weighted by Crippen LogP contribution is 2.35. The van der Waals surface area contributed by atoms with Crippen molar-refractivity contribution in [3.8, 4) is 17.0 Å². The van der Waals surface area contributed by atoms with Gasteiger partial charge in [0, 0.05) is 24.0 Å². The Morgan fingerprint density at radius 2 is 2.03 bits per heavy atom. The number of urea groups is 1. The monoisotopic (exact) mass is 444 g/mol. The van der Waals surface area contributed by atoms with E-state index in [9.17, 15) is 22.8 Å². The molecular weight excluding hydrogens is 429 g/mol. The van der Waals surface area contributed by atoms with Crippen LogP contribution in [0.3, 0.4) is 0 Å². The molecule has 1 saturated carbocycles. The molecule has 3 N–H and O–H groups in total. The molecule has 9 nitrogen and oxygen atoms in total. The van der Waals surface area contributed by atoms with E-state index >= 15 is 0 Å². The first-order valence-electron chi connectivity index (χ1n) is 9.60. The van der Waals surface area contributed by atoms with Crippen LogP contribution in [-0.4, -0.2) is 38.7 Å². The molecule has 0 bridgehead atoms. The van der Waals surface area contributed by atoms with Gasteiger partial charge < -0.3 is 15.4 Å². The largest absolute Gasteiger partial charge is 0.573 e. The molecule has 0 radical (unpaired) electrons. The zero-order valence-electron chi connectivity index (χ0n) is 16.2. The number of ether oxygens (including phenoxy) is 1. The van der Waals surface area contributed by atoms with Gasteiger partial charge in [-0.2, -0.15) is 0 Å². The van der Waals surface area contributed by atoms with Crippen LogP contribution in [0.25, 0.3) is 22.6 Å². The quantitative estimate of drug-likeness (QED) is 0.412. The van der Waals surface area contributed by atoms with Gasteiger partial charge in [0.25, 0.3) is 5.91 Å². The van der Waals surface area contributed by atoms with E-state index in [0.717, 1.165) is 12.8 Å². The summed E-state index contributed by atoms with van der Waals surface area (Å²) in [6.45, 7) is 0. The smallest absolute Gasteiger partial charge is 0.406 e. The molecule has 1 aliphatic heterocycles. The van der Waals surface area contributed by atoms with Crippen LogP contribution in [0.15, 0.2) is 48.6 Å². The Bertz CT molecular complexity index is 1280. The van der Waals surface area contributed by atoms with Gasteiger partial charge in [0.1, 0.15) is 11.4 Å². The molecule has 1 aliphatic carbocycles. The maximum absolute atomic E-state index is 12.7. The lowest BCUT2D eigenvalue weighted by Crippen LogP contribution is -2.24. The van der Waals surface area contributed by atoms with Crippen molar-refractivity contribution in [1.29, 1.82) is 0 Å². The van der Waals surface area contributed by atoms with Gasteiger partial charge in [-0.1, -0.05) is 12.1 Å². The van der Waals surface area contributed by atoms with E-state index in [0.29, 0.717) is 22.6 Å². The van der Waals surface area contributed by atoms with Crippen molar-refractivity contribution in [2.45, 2.75) is 25.2 Å². The Morgan fingerprint density at radius 3 is 2.72 bits per heavy atom. The normalized spacial score (nSPS) is 17.8. The van der Waals surface area contributed by atoms with E-state index < -0.39 is 24.1 Å². The van der Waals surface area contributed by atoms with E-state index in [1.54, 1.807) is 16.7 Å². The molecule has 3 heterocycles. The molecule has 2 aliphatic rings. The predicted octanol–water partition coefficient (Wildman–Crippen LogP) is 2.55. The fourth-order valence-electron chi connectivity index (χ4n) is 3.42. The Hall–Kier alpha value is -4.09. The van der Waals surface area contributed by atoms with Gasteiger partial charge in [-0.3, -0.25) is 19.5 Å². The Balaban J connectivity index is 1.72. The number of nitrogens with zero attached hydrogens (tertiary/aromatic N) is 3. The van der Waals surface area contributed by atoms with Crippen LogP contribution < -0.4 is 20.7 Å². The number of carbonyl (C=O) groups excluding carboxylic acids is 2. The molecular formula is C20H15F3N6O3. The molecule has 164 valence electrons. The van der Waals surface area contributed by atoms with Crippen molar-refractivity contribution >= 4 is 23.3 Å². The second-order valence-corrected chi connectivity index (χ2v) is 7.27. The molecule has 12 heteroatoms. The summed E-state index contributed by atoms with van der Waals surface area (Å²) in [5.74, 6) is -1.03. The van der Waals surface area contributed by atoms with Crippen LogP contribution in [0, 0.1) is 0 Å². The van der Waals surface area contributed by atoms with Gasteiger partial charge >= 0.3 is 12.4 Å². The average molecular weight is 444 g/mol. The summed E-state index contributed by atoms with van der Waals surface area (Å²) in [6, 6.07) is 4.79. The second kappa shape index (κ2) is 7.25. The lowest BCUT2D eigenvalue weighted by atomic mass is 10.1.